The molecule has 0 aliphatic heterocycles. The van der Waals surface area contributed by atoms with Crippen molar-refractivity contribution in [3.63, 3.8) is 0 Å². The predicted octanol–water partition coefficient (Wildman–Crippen LogP) is 5.86. The molecule has 0 unspecified atom stereocenters. The van der Waals surface area contributed by atoms with E-state index in [1.165, 1.54) is 0 Å². The number of aromatic nitrogens is 2. The number of benzene rings is 2. The summed E-state index contributed by atoms with van der Waals surface area (Å²) >= 11 is 6.56. The van der Waals surface area contributed by atoms with Crippen molar-refractivity contribution >= 4 is 34.3 Å². The minimum Gasteiger partial charge on any atom is -0.456 e. The monoisotopic (exact) mass is 462 g/mol. The number of hydrogen-bond donors (Lipinski definition) is 3. The van der Waals surface area contributed by atoms with Crippen LogP contribution in [0.2, 0.25) is 5.15 Å². The van der Waals surface area contributed by atoms with E-state index in [-0.39, 0.29) is 29.7 Å². The molecule has 1 fully saturated rings. The number of rotatable bonds is 5. The molecule has 1 aliphatic carbocycles. The highest BCUT2D eigenvalue weighted by atomic mass is 35.5. The lowest BCUT2D eigenvalue weighted by atomic mass is 9.92. The van der Waals surface area contributed by atoms with E-state index in [2.05, 4.69) is 47.3 Å². The highest BCUT2D eigenvalue weighted by molar-refractivity contribution is 6.32. The van der Waals surface area contributed by atoms with Crippen LogP contribution in [0.3, 0.4) is 0 Å². The van der Waals surface area contributed by atoms with Crippen molar-refractivity contribution < 1.29 is 9.52 Å². The van der Waals surface area contributed by atoms with Gasteiger partial charge in [-0.05, 0) is 53.5 Å². The van der Waals surface area contributed by atoms with Gasteiger partial charge in [-0.3, -0.25) is 0 Å². The van der Waals surface area contributed by atoms with Gasteiger partial charge in [0.05, 0.1) is 5.56 Å². The highest BCUT2D eigenvalue weighted by Crippen LogP contribution is 2.42. The quantitative estimate of drug-likeness (QED) is 0.321. The molecule has 2 heterocycles. The summed E-state index contributed by atoms with van der Waals surface area (Å²) in [6, 6.07) is 18.4. The van der Waals surface area contributed by atoms with Gasteiger partial charge < -0.3 is 20.6 Å². The molecule has 0 amide bonds. The van der Waals surface area contributed by atoms with Crippen molar-refractivity contribution in [1.29, 1.82) is 0 Å². The van der Waals surface area contributed by atoms with Gasteiger partial charge in [-0.1, -0.05) is 61.8 Å². The molecule has 170 valence electrons. The molecule has 4 aromatic rings. The predicted molar refractivity (Wildman–Crippen MR) is 133 cm³/mol. The summed E-state index contributed by atoms with van der Waals surface area (Å²) in [4.78, 5) is 8.65. The fourth-order valence-corrected chi connectivity index (χ4v) is 5.18. The number of halogens is 1. The Morgan fingerprint density at radius 3 is 2.58 bits per heavy atom. The van der Waals surface area contributed by atoms with Crippen LogP contribution in [0, 0.1) is 17.8 Å². The molecule has 0 radical (unpaired) electrons. The molecule has 1 saturated carbocycles. The summed E-state index contributed by atoms with van der Waals surface area (Å²) in [7, 11) is 0. The lowest BCUT2D eigenvalue weighted by Crippen LogP contribution is -2.25. The fourth-order valence-electron chi connectivity index (χ4n) is 4.91. The van der Waals surface area contributed by atoms with Crippen molar-refractivity contribution in [2.24, 2.45) is 17.8 Å². The maximum Gasteiger partial charge on any atom is 0.223 e. The van der Waals surface area contributed by atoms with Gasteiger partial charge in [0.2, 0.25) is 5.95 Å². The molecule has 2 aromatic heterocycles. The number of anilines is 2. The Hall–Kier alpha value is -3.09. The molecule has 0 bridgehead atoms. The molecule has 4 atom stereocenters. The molecule has 0 spiro atoms. The minimum absolute atomic E-state index is 0.103. The lowest BCUT2D eigenvalue weighted by Gasteiger charge is -2.21. The highest BCUT2D eigenvalue weighted by Gasteiger charge is 2.38. The molecule has 5 rings (SSSR count). The Balaban J connectivity index is 1.54. The van der Waals surface area contributed by atoms with E-state index in [9.17, 15) is 5.11 Å². The zero-order chi connectivity index (χ0) is 23.1. The van der Waals surface area contributed by atoms with Crippen LogP contribution < -0.4 is 11.1 Å². The fraction of sp³-hybridized carbons (Fsp3) is 0.308. The maximum atomic E-state index is 9.73. The molecule has 6 nitrogen and oxygen atoms in total. The summed E-state index contributed by atoms with van der Waals surface area (Å²) in [5.74, 6) is 2.24. The van der Waals surface area contributed by atoms with Crippen molar-refractivity contribution in [1.82, 2.24) is 9.97 Å². The first-order chi connectivity index (χ1) is 15.9. The molecule has 7 heteroatoms. The average Bonchev–Trinajstić information content (AvgIpc) is 3.34. The number of nitrogens with two attached hydrogens (primary N) is 1. The average molecular weight is 463 g/mol. The van der Waals surface area contributed by atoms with E-state index >= 15 is 0 Å². The Kier molecular flexibility index (Phi) is 5.72. The Morgan fingerprint density at radius 1 is 1.06 bits per heavy atom. The third-order valence-electron chi connectivity index (χ3n) is 7.07. The summed E-state index contributed by atoms with van der Waals surface area (Å²) in [6.07, 6.45) is 0.848. The van der Waals surface area contributed by atoms with Crippen molar-refractivity contribution in [3.8, 4) is 22.5 Å². The normalized spacial score (nSPS) is 22.7. The Labute approximate surface area is 197 Å². The first-order valence-electron chi connectivity index (χ1n) is 11.2. The largest absolute Gasteiger partial charge is 0.456 e. The third-order valence-corrected chi connectivity index (χ3v) is 7.35. The third kappa shape index (κ3) is 4.05. The van der Waals surface area contributed by atoms with Crippen LogP contribution in [0.25, 0.3) is 33.4 Å². The van der Waals surface area contributed by atoms with E-state index in [1.54, 1.807) is 0 Å². The smallest absolute Gasteiger partial charge is 0.223 e. The Morgan fingerprint density at radius 2 is 1.85 bits per heavy atom. The number of hydrogen-bond acceptors (Lipinski definition) is 6. The van der Waals surface area contributed by atoms with Crippen molar-refractivity contribution in [2.75, 3.05) is 17.7 Å². The van der Waals surface area contributed by atoms with E-state index in [1.807, 2.05) is 36.4 Å². The first kappa shape index (κ1) is 21.7. The summed E-state index contributed by atoms with van der Waals surface area (Å²) in [5.41, 5.74) is 9.54. The van der Waals surface area contributed by atoms with Crippen LogP contribution in [0.15, 0.2) is 59.0 Å². The van der Waals surface area contributed by atoms with E-state index in [0.717, 1.165) is 28.5 Å². The maximum absolute atomic E-state index is 9.73. The molecule has 33 heavy (non-hydrogen) atoms. The number of nitrogens with one attached hydrogen (secondary N) is 1. The van der Waals surface area contributed by atoms with Gasteiger partial charge in [-0.15, -0.1) is 0 Å². The standard InChI is InChI=1S/C26H27ClN4O2/c1-14-15(2)20(11-19(14)13-32)29-25-23(24(27)30-26(28)31-25)22-12-18-10-17(8-9-21(18)33-22)16-6-4-3-5-7-16/h3-10,12,14-15,19-20,32H,11,13H2,1-2H3,(H3,28,29,30,31)/t14-,15+,19+,20+/m0/s1. The van der Waals surface area contributed by atoms with E-state index < -0.39 is 0 Å². The van der Waals surface area contributed by atoms with Crippen molar-refractivity contribution in [2.45, 2.75) is 26.3 Å². The van der Waals surface area contributed by atoms with Crippen LogP contribution in [-0.4, -0.2) is 27.7 Å². The molecule has 0 saturated heterocycles. The number of aliphatic hydroxyl groups excluding tert-OH is 1. The number of aliphatic hydroxyl groups is 1. The number of nitrogens with zero attached hydrogens (tertiary/aromatic N) is 2. The zero-order valence-corrected chi connectivity index (χ0v) is 19.4. The van der Waals surface area contributed by atoms with Gasteiger partial charge in [0.1, 0.15) is 22.3 Å². The topological polar surface area (TPSA) is 97.2 Å². The second-order valence-corrected chi connectivity index (χ2v) is 9.33. The first-order valence-corrected chi connectivity index (χ1v) is 11.6. The molecular weight excluding hydrogens is 436 g/mol. The SMILES string of the molecule is C[C@@H]1[C@@H](CO)C[C@@H](Nc2nc(N)nc(Cl)c2-c2cc3cc(-c4ccccc4)ccc3o2)[C@@H]1C. The molecule has 4 N–H and O–H groups in total. The second kappa shape index (κ2) is 8.69. The molecule has 1 aliphatic rings. The number of nitrogen functional groups attached to an aromatic ring is 1. The Bertz CT molecular complexity index is 1290. The summed E-state index contributed by atoms with van der Waals surface area (Å²) in [5, 5.41) is 14.5. The van der Waals surface area contributed by atoms with Gasteiger partial charge in [-0.2, -0.15) is 4.98 Å². The van der Waals surface area contributed by atoms with Gasteiger partial charge in [0.15, 0.2) is 0 Å². The van der Waals surface area contributed by atoms with Crippen molar-refractivity contribution in [3.05, 3.63) is 59.8 Å². The van der Waals surface area contributed by atoms with Gasteiger partial charge >= 0.3 is 0 Å². The van der Waals surface area contributed by atoms with Gasteiger partial charge in [0.25, 0.3) is 0 Å². The van der Waals surface area contributed by atoms with Gasteiger partial charge in [-0.25, -0.2) is 4.98 Å². The van der Waals surface area contributed by atoms with Gasteiger partial charge in [0, 0.05) is 18.0 Å². The lowest BCUT2D eigenvalue weighted by molar-refractivity contribution is 0.191. The van der Waals surface area contributed by atoms with E-state index in [0.29, 0.717) is 29.0 Å². The van der Waals surface area contributed by atoms with E-state index in [4.69, 9.17) is 21.8 Å². The summed E-state index contributed by atoms with van der Waals surface area (Å²) in [6.45, 7) is 4.55. The molecule has 2 aromatic carbocycles. The summed E-state index contributed by atoms with van der Waals surface area (Å²) < 4.78 is 6.18. The van der Waals surface area contributed by atoms with Crippen LogP contribution in [0.4, 0.5) is 11.8 Å². The number of fused-ring (bicyclic) bond motifs is 1. The van der Waals surface area contributed by atoms with Crippen LogP contribution in [0.1, 0.15) is 20.3 Å². The van der Waals surface area contributed by atoms with Crippen LogP contribution >= 0.6 is 11.6 Å². The minimum atomic E-state index is 0.103. The second-order valence-electron chi connectivity index (χ2n) is 8.97. The number of furan rings is 1. The zero-order valence-electron chi connectivity index (χ0n) is 18.6. The van der Waals surface area contributed by atoms with Crippen LogP contribution in [-0.2, 0) is 0 Å². The molecular formula is C26H27ClN4O2. The van der Waals surface area contributed by atoms with Crippen LogP contribution in [0.5, 0.6) is 0 Å².